The Balaban J connectivity index is 1.12. The van der Waals surface area contributed by atoms with Gasteiger partial charge in [-0.15, -0.1) is 0 Å². The number of nitrogens with zero attached hydrogens (tertiary/aromatic N) is 1. The van der Waals surface area contributed by atoms with E-state index < -0.39 is 0 Å². The van der Waals surface area contributed by atoms with Crippen molar-refractivity contribution in [3.05, 3.63) is 229 Å². The molecule has 7 aromatic rings. The molecule has 0 spiro atoms. The zero-order valence-electron chi connectivity index (χ0n) is 34.3. The molecular weight excluding hydrogens is 711 g/mol. The van der Waals surface area contributed by atoms with E-state index in [0.29, 0.717) is 11.8 Å². The lowest BCUT2D eigenvalue weighted by atomic mass is 9.58. The molecule has 1 fully saturated rings. The standard InChI is InChI=1S/C58H53N/c1-57(2)54-31-16-13-29-51(54)52-38-37-49(41-55(52)57)59(56-32-17-14-28-50(56)44-35-33-43(34-36-44)42-20-6-3-7-21-42)48-27-18-19-39-58(46-23-8-4-9-24-46,47-25-10-5-11-26-47)53-30-15-12-22-45(53)40-48/h3-17,20-26,28-38,41,45,48,53H,18-19,27,39-40H2,1-2H3. The first-order chi connectivity index (χ1) is 29.0. The van der Waals surface area contributed by atoms with Crippen LogP contribution < -0.4 is 4.90 Å². The monoisotopic (exact) mass is 763 g/mol. The molecule has 3 unspecified atom stereocenters. The van der Waals surface area contributed by atoms with Crippen molar-refractivity contribution in [2.24, 2.45) is 11.8 Å². The second-order valence-electron chi connectivity index (χ2n) is 17.5. The molecule has 0 saturated heterocycles. The predicted molar refractivity (Wildman–Crippen MR) is 249 cm³/mol. The highest BCUT2D eigenvalue weighted by Gasteiger charge is 2.46. The first-order valence-electron chi connectivity index (χ1n) is 21.8. The summed E-state index contributed by atoms with van der Waals surface area (Å²) in [5.74, 6) is 0.660. The summed E-state index contributed by atoms with van der Waals surface area (Å²) in [4.78, 5) is 2.76. The summed E-state index contributed by atoms with van der Waals surface area (Å²) >= 11 is 0. The lowest BCUT2D eigenvalue weighted by Gasteiger charge is -2.45. The first kappa shape index (κ1) is 37.1. The van der Waals surface area contributed by atoms with E-state index in [0.717, 1.165) is 32.1 Å². The molecule has 290 valence electrons. The van der Waals surface area contributed by atoms with Crippen molar-refractivity contribution in [3.63, 3.8) is 0 Å². The van der Waals surface area contributed by atoms with Gasteiger partial charge in [0.15, 0.2) is 0 Å². The van der Waals surface area contributed by atoms with Gasteiger partial charge in [-0.25, -0.2) is 0 Å². The summed E-state index contributed by atoms with van der Waals surface area (Å²) in [6, 6.07) is 68.7. The van der Waals surface area contributed by atoms with Crippen LogP contribution in [0, 0.1) is 11.8 Å². The van der Waals surface area contributed by atoms with Crippen LogP contribution in [0.1, 0.15) is 68.2 Å². The molecular formula is C58H53N. The fraction of sp³-hybridized carbons (Fsp3) is 0.207. The topological polar surface area (TPSA) is 3.24 Å². The fourth-order valence-corrected chi connectivity index (χ4v) is 11.1. The van der Waals surface area contributed by atoms with Gasteiger partial charge in [-0.3, -0.25) is 0 Å². The second-order valence-corrected chi connectivity index (χ2v) is 17.5. The average Bonchev–Trinajstić information content (AvgIpc) is 3.57. The largest absolute Gasteiger partial charge is 0.338 e. The molecule has 0 amide bonds. The number of hydrogen-bond donors (Lipinski definition) is 0. The molecule has 0 aliphatic heterocycles. The third-order valence-electron chi connectivity index (χ3n) is 14.0. The van der Waals surface area contributed by atoms with Crippen LogP contribution in [0.3, 0.4) is 0 Å². The quantitative estimate of drug-likeness (QED) is 0.156. The van der Waals surface area contributed by atoms with Crippen LogP contribution in [0.15, 0.2) is 206 Å². The van der Waals surface area contributed by atoms with E-state index in [1.165, 1.54) is 67.0 Å². The number of allylic oxidation sites excluding steroid dienone is 4. The van der Waals surface area contributed by atoms with Crippen molar-refractivity contribution in [2.45, 2.75) is 62.8 Å². The highest BCUT2D eigenvalue weighted by atomic mass is 15.2. The summed E-state index contributed by atoms with van der Waals surface area (Å²) in [6.07, 6.45) is 15.3. The molecule has 3 aliphatic carbocycles. The Hall–Kier alpha value is -6.18. The van der Waals surface area contributed by atoms with Gasteiger partial charge in [0.1, 0.15) is 0 Å². The molecule has 3 aliphatic rings. The molecule has 1 saturated carbocycles. The molecule has 0 radical (unpaired) electrons. The number of fused-ring (bicyclic) bond motifs is 4. The van der Waals surface area contributed by atoms with E-state index >= 15 is 0 Å². The van der Waals surface area contributed by atoms with Gasteiger partial charge in [-0.05, 0) is 99.4 Å². The summed E-state index contributed by atoms with van der Waals surface area (Å²) in [6.45, 7) is 4.81. The van der Waals surface area contributed by atoms with E-state index in [9.17, 15) is 0 Å². The van der Waals surface area contributed by atoms with Crippen LogP contribution in [-0.4, -0.2) is 6.04 Å². The number of hydrogen-bond acceptors (Lipinski definition) is 1. The lowest BCUT2D eigenvalue weighted by molar-refractivity contribution is 0.274. The van der Waals surface area contributed by atoms with Crippen LogP contribution in [0.4, 0.5) is 11.4 Å². The molecule has 0 heterocycles. The van der Waals surface area contributed by atoms with Gasteiger partial charge in [0, 0.05) is 33.8 Å². The van der Waals surface area contributed by atoms with Crippen molar-refractivity contribution < 1.29 is 0 Å². The predicted octanol–water partition coefficient (Wildman–Crippen LogP) is 15.1. The summed E-state index contributed by atoms with van der Waals surface area (Å²) in [5.41, 5.74) is 15.8. The highest BCUT2D eigenvalue weighted by Crippen LogP contribution is 2.54. The molecule has 0 aromatic heterocycles. The molecule has 1 nitrogen and oxygen atoms in total. The smallest absolute Gasteiger partial charge is 0.0493 e. The van der Waals surface area contributed by atoms with Crippen LogP contribution in [-0.2, 0) is 10.8 Å². The number of rotatable bonds is 7. The molecule has 1 heteroatoms. The van der Waals surface area contributed by atoms with Crippen LogP contribution >= 0.6 is 0 Å². The van der Waals surface area contributed by atoms with E-state index in [1.807, 2.05) is 0 Å². The van der Waals surface area contributed by atoms with Gasteiger partial charge in [0.05, 0.1) is 0 Å². The van der Waals surface area contributed by atoms with E-state index in [4.69, 9.17) is 0 Å². The van der Waals surface area contributed by atoms with E-state index in [2.05, 4.69) is 225 Å². The maximum absolute atomic E-state index is 2.76. The summed E-state index contributed by atoms with van der Waals surface area (Å²) < 4.78 is 0. The van der Waals surface area contributed by atoms with Gasteiger partial charge in [0.2, 0.25) is 0 Å². The zero-order chi connectivity index (χ0) is 39.8. The normalized spacial score (nSPS) is 20.0. The Bertz CT molecular complexity index is 2580. The third kappa shape index (κ3) is 6.58. The minimum Gasteiger partial charge on any atom is -0.338 e. The van der Waals surface area contributed by atoms with Gasteiger partial charge < -0.3 is 4.90 Å². The lowest BCUT2D eigenvalue weighted by Crippen LogP contribution is -2.42. The van der Waals surface area contributed by atoms with Crippen LogP contribution in [0.2, 0.25) is 0 Å². The summed E-state index contributed by atoms with van der Waals surface area (Å²) in [7, 11) is 0. The van der Waals surface area contributed by atoms with Crippen molar-refractivity contribution in [1.82, 2.24) is 0 Å². The third-order valence-corrected chi connectivity index (χ3v) is 14.0. The van der Waals surface area contributed by atoms with E-state index in [1.54, 1.807) is 0 Å². The SMILES string of the molecule is CC1(C)c2ccccc2-c2ccc(N(c3ccccc3-c3ccc(-c4ccccc4)cc3)C3CCCCC(c4ccccc4)(c4ccccc4)C4C=CC=CC4C3)cc21. The van der Waals surface area contributed by atoms with Crippen molar-refractivity contribution in [3.8, 4) is 33.4 Å². The average molecular weight is 764 g/mol. The van der Waals surface area contributed by atoms with Crippen molar-refractivity contribution >= 4 is 11.4 Å². The van der Waals surface area contributed by atoms with Crippen molar-refractivity contribution in [1.29, 1.82) is 0 Å². The van der Waals surface area contributed by atoms with E-state index in [-0.39, 0.29) is 16.9 Å². The Morgan fingerprint density at radius 2 is 1.07 bits per heavy atom. The molecule has 3 atom stereocenters. The highest BCUT2D eigenvalue weighted by molar-refractivity contribution is 5.87. The minimum absolute atomic E-state index is 0.0915. The van der Waals surface area contributed by atoms with Gasteiger partial charge in [0.25, 0.3) is 0 Å². The Kier molecular flexibility index (Phi) is 9.77. The van der Waals surface area contributed by atoms with Crippen molar-refractivity contribution in [2.75, 3.05) is 4.90 Å². The maximum atomic E-state index is 2.76. The molecule has 0 bridgehead atoms. The van der Waals surface area contributed by atoms with Gasteiger partial charge in [-0.1, -0.05) is 215 Å². The number of para-hydroxylation sites is 1. The number of anilines is 2. The van der Waals surface area contributed by atoms with Gasteiger partial charge in [-0.2, -0.15) is 0 Å². The Morgan fingerprint density at radius 1 is 0.492 bits per heavy atom. The zero-order valence-corrected chi connectivity index (χ0v) is 34.3. The molecule has 59 heavy (non-hydrogen) atoms. The number of benzene rings is 7. The van der Waals surface area contributed by atoms with Gasteiger partial charge >= 0.3 is 0 Å². The Morgan fingerprint density at radius 3 is 1.80 bits per heavy atom. The minimum atomic E-state index is -0.129. The second kappa shape index (κ2) is 15.5. The Labute approximate surface area is 351 Å². The fourth-order valence-electron chi connectivity index (χ4n) is 11.1. The molecule has 0 N–H and O–H groups in total. The van der Waals surface area contributed by atoms with Crippen LogP contribution in [0.5, 0.6) is 0 Å². The maximum Gasteiger partial charge on any atom is 0.0493 e. The molecule has 10 rings (SSSR count). The summed E-state index contributed by atoms with van der Waals surface area (Å²) in [5, 5.41) is 0. The molecule has 7 aromatic carbocycles. The first-order valence-corrected chi connectivity index (χ1v) is 21.8. The van der Waals surface area contributed by atoms with Crippen LogP contribution in [0.25, 0.3) is 33.4 Å².